The minimum atomic E-state index is -1.93. The lowest BCUT2D eigenvalue weighted by Gasteiger charge is -2.30. The van der Waals surface area contributed by atoms with Crippen molar-refractivity contribution >= 4 is 123 Å². The van der Waals surface area contributed by atoms with Gasteiger partial charge in [-0.25, -0.2) is 0 Å². The van der Waals surface area contributed by atoms with E-state index >= 15 is 0 Å². The van der Waals surface area contributed by atoms with Crippen LogP contribution in [0.15, 0.2) is 40.4 Å². The van der Waals surface area contributed by atoms with Crippen LogP contribution in [0.1, 0.15) is 70.3 Å². The zero-order valence-electron chi connectivity index (χ0n) is 50.0. The Morgan fingerprint density at radius 1 is 0.637 bits per heavy atom. The number of hydrogen-bond acceptors (Lipinski definition) is 19. The van der Waals surface area contributed by atoms with Crippen molar-refractivity contribution in [1.82, 2.24) is 63.1 Å². The molecule has 3 aliphatic rings. The van der Waals surface area contributed by atoms with Gasteiger partial charge in [-0.15, -0.1) is 0 Å². The van der Waals surface area contributed by atoms with Gasteiger partial charge in [0.25, 0.3) is 0 Å². The Morgan fingerprint density at radius 2 is 1.20 bits per heavy atom. The Bertz CT molecular complexity index is 3030. The molecule has 0 spiro atoms. The first kappa shape index (κ1) is 72.8. The number of primary amides is 1. The van der Waals surface area contributed by atoms with Crippen molar-refractivity contribution in [2.45, 2.75) is 138 Å². The van der Waals surface area contributed by atoms with Gasteiger partial charge in [0.05, 0.1) is 19.6 Å². The second kappa shape index (κ2) is 36.0. The number of carbonyl (C=O) groups is 13. The molecule has 11 atom stereocenters. The van der Waals surface area contributed by atoms with Crippen LogP contribution in [0.4, 0.5) is 0 Å². The maximum absolute atomic E-state index is 14.7. The second-order valence-electron chi connectivity index (χ2n) is 21.6. The highest BCUT2D eigenvalue weighted by Gasteiger charge is 2.42. The predicted octanol–water partition coefficient (Wildman–Crippen LogP) is -8.14. The lowest BCUT2D eigenvalue weighted by molar-refractivity contribution is -0.146. The number of benzene rings is 1. The maximum Gasteiger partial charge on any atom is 0.305 e. The molecule has 1 aromatic heterocycles. The lowest BCUT2D eigenvalue weighted by Crippen LogP contribution is -2.61. The smallest absolute Gasteiger partial charge is 0.305 e. The molecule has 37 heteroatoms. The van der Waals surface area contributed by atoms with Crippen molar-refractivity contribution in [3.05, 3.63) is 36.0 Å². The van der Waals surface area contributed by atoms with Crippen molar-refractivity contribution < 1.29 is 72.5 Å². The number of aliphatic hydroxyl groups is 1. The third kappa shape index (κ3) is 22.8. The van der Waals surface area contributed by atoms with Crippen LogP contribution in [0, 0.1) is 0 Å². The van der Waals surface area contributed by atoms with Crippen LogP contribution >= 0.6 is 23.5 Å². The molecule has 0 unspecified atom stereocenters. The summed E-state index contributed by atoms with van der Waals surface area (Å²) in [5.41, 5.74) is 34.9. The number of para-hydroxylation sites is 1. The SMILES string of the molecule is C[C@@H]1NC(=O)[C@@H]2CSCC[C@H](NC(=O)CN)C(=O)N[C@@H](CCSC[C@@H](C(N)=O)NC(=O)[C@H](CCCN=C(N)N)NC(=O)[C@H](Cc3c[nH]c4ccccc34)NC1=O)C(=O)N[C@@H](CO)C(=O)N[C@@H](CC(=O)O)C(=O)N1CCC[C@H]1C(=O)N[C@@H](CCCN=C(N)N)C(=O)N2. The zero-order chi connectivity index (χ0) is 66.9. The molecule has 5 rings (SSSR count). The minimum absolute atomic E-state index is 0.00782. The topological polar surface area (TPSA) is 583 Å². The fourth-order valence-corrected chi connectivity index (χ4v) is 12.0. The van der Waals surface area contributed by atoms with Crippen molar-refractivity contribution in [1.29, 1.82) is 0 Å². The molecule has 0 aliphatic carbocycles. The Balaban J connectivity index is 1.66. The number of carbonyl (C=O) groups excluding carboxylic acids is 12. The Labute approximate surface area is 530 Å². The van der Waals surface area contributed by atoms with Gasteiger partial charge in [0.15, 0.2) is 11.9 Å². The summed E-state index contributed by atoms with van der Waals surface area (Å²) in [6.07, 6.45) is -0.244. The number of aliphatic hydroxyl groups excluding tert-OH is 1. The van der Waals surface area contributed by atoms with Gasteiger partial charge < -0.3 is 108 Å². The molecule has 91 heavy (non-hydrogen) atoms. The maximum atomic E-state index is 14.7. The molecule has 35 nitrogen and oxygen atoms in total. The number of guanidine groups is 2. The van der Waals surface area contributed by atoms with E-state index in [9.17, 15) is 72.5 Å². The Kier molecular flexibility index (Phi) is 28.8. The van der Waals surface area contributed by atoms with Gasteiger partial charge in [-0.05, 0) is 81.4 Å². The van der Waals surface area contributed by atoms with E-state index in [1.54, 1.807) is 30.5 Å². The monoisotopic (exact) mass is 1310 g/mol. The number of nitrogens with two attached hydrogens (primary N) is 6. The van der Waals surface area contributed by atoms with Crippen LogP contribution < -0.4 is 87.6 Å². The average molecular weight is 1320 g/mol. The molecular weight excluding hydrogens is 1230 g/mol. The molecule has 3 aliphatic heterocycles. The highest BCUT2D eigenvalue weighted by atomic mass is 32.2. The summed E-state index contributed by atoms with van der Waals surface area (Å²) in [6.45, 7) is -0.679. The van der Waals surface area contributed by atoms with Gasteiger partial charge >= 0.3 is 5.97 Å². The van der Waals surface area contributed by atoms with E-state index in [0.29, 0.717) is 16.5 Å². The lowest BCUT2D eigenvalue weighted by atomic mass is 10.0. The van der Waals surface area contributed by atoms with E-state index in [4.69, 9.17) is 34.4 Å². The fourth-order valence-electron chi connectivity index (χ4n) is 9.90. The third-order valence-corrected chi connectivity index (χ3v) is 16.9. The first-order valence-corrected chi connectivity index (χ1v) is 31.6. The number of aromatic amines is 1. The van der Waals surface area contributed by atoms with Gasteiger partial charge in [0.2, 0.25) is 70.9 Å². The number of hydrogen-bond donors (Lipinski definition) is 19. The molecule has 500 valence electrons. The molecule has 3 fully saturated rings. The number of aliphatic carboxylic acids is 1. The molecule has 1 aromatic carbocycles. The number of H-pyrrole nitrogens is 1. The number of carboxylic acids is 1. The largest absolute Gasteiger partial charge is 0.481 e. The van der Waals surface area contributed by atoms with Crippen LogP contribution in [0.2, 0.25) is 0 Å². The van der Waals surface area contributed by atoms with E-state index in [-0.39, 0.29) is 112 Å². The standard InChI is InChI=1S/C54H82N20O15S2/c1-26-43(80)69-34(19-27-22-63-29-8-3-2-7-28(27)29)48(85)66-30(9-4-14-61-53(57)58)44(81)72-37(42(56)79)24-90-18-13-33-47(84)71-36(23-75)49(86)70-35(20-41(77)78)52(89)74-16-6-11-39(74)51(88)68-31(10-5-15-62-54(59)60)45(82)73-38(50(87)64-26)25-91-17-12-32(46(83)67-33)65-40(76)21-55/h2-3,7-8,22,26,30-39,63,75H,4-6,9-21,23-25,55H2,1H3,(H2,56,79)(H,64,87)(H,65,76)(H,66,85)(H,67,83)(H,68,88)(H,69,80)(H,70,86)(H,71,84)(H,72,81)(H,73,82)(H,77,78)(H4,57,58,61)(H4,59,60,62)/t26-,30-,31-,32-,33-,34-,35-,36-,37-,38-,39-/m0/s1. The quantitative estimate of drug-likeness (QED) is 0.0422. The van der Waals surface area contributed by atoms with Crippen LogP contribution in [-0.2, 0) is 68.7 Å². The van der Waals surface area contributed by atoms with E-state index < -0.39 is 163 Å². The van der Waals surface area contributed by atoms with E-state index in [1.807, 2.05) is 0 Å². The van der Waals surface area contributed by atoms with Crippen LogP contribution in [-0.4, -0.2) is 231 Å². The first-order valence-electron chi connectivity index (χ1n) is 29.3. The number of rotatable bonds is 16. The van der Waals surface area contributed by atoms with E-state index in [0.717, 1.165) is 28.4 Å². The second-order valence-corrected chi connectivity index (χ2v) is 23.9. The highest BCUT2D eigenvalue weighted by Crippen LogP contribution is 2.22. The number of amides is 12. The Morgan fingerprint density at radius 3 is 1.84 bits per heavy atom. The highest BCUT2D eigenvalue weighted by molar-refractivity contribution is 7.99. The molecule has 0 saturated carbocycles. The van der Waals surface area contributed by atoms with Crippen molar-refractivity contribution in [2.75, 3.05) is 55.8 Å². The van der Waals surface area contributed by atoms with Gasteiger partial charge in [-0.3, -0.25) is 72.3 Å². The van der Waals surface area contributed by atoms with Crippen LogP contribution in [0.25, 0.3) is 10.9 Å². The number of aromatic nitrogens is 1. The molecule has 3 saturated heterocycles. The number of fused-ring (bicyclic) bond motifs is 10. The predicted molar refractivity (Wildman–Crippen MR) is 333 cm³/mol. The number of nitrogens with zero attached hydrogens (tertiary/aromatic N) is 3. The molecular formula is C54H82N20O15S2. The number of carboxylic acid groups (broad SMARTS) is 1. The average Bonchev–Trinajstić information content (AvgIpc) is 1.86. The molecule has 4 heterocycles. The van der Waals surface area contributed by atoms with Gasteiger partial charge in [0, 0.05) is 54.7 Å². The molecule has 2 aromatic rings. The van der Waals surface area contributed by atoms with Crippen LogP contribution in [0.5, 0.6) is 0 Å². The zero-order valence-corrected chi connectivity index (χ0v) is 51.6. The summed E-state index contributed by atoms with van der Waals surface area (Å²) in [6, 6.07) is -10.3. The molecule has 12 amide bonds. The summed E-state index contributed by atoms with van der Waals surface area (Å²) < 4.78 is 0. The van der Waals surface area contributed by atoms with Gasteiger partial charge in [0.1, 0.15) is 66.5 Å². The molecule has 0 radical (unpaired) electrons. The van der Waals surface area contributed by atoms with Crippen LogP contribution in [0.3, 0.4) is 0 Å². The third-order valence-electron chi connectivity index (χ3n) is 14.7. The summed E-state index contributed by atoms with van der Waals surface area (Å²) in [7, 11) is 0. The van der Waals surface area contributed by atoms with Crippen molar-refractivity contribution in [3.8, 4) is 0 Å². The molecule has 25 N–H and O–H groups in total. The van der Waals surface area contributed by atoms with E-state index in [2.05, 4.69) is 68.1 Å². The van der Waals surface area contributed by atoms with E-state index in [1.165, 1.54) is 6.92 Å². The summed E-state index contributed by atoms with van der Waals surface area (Å²) in [5.74, 6) is -14.9. The fraction of sp³-hybridized carbons (Fsp3) is 0.574. The van der Waals surface area contributed by atoms with Crippen molar-refractivity contribution in [3.63, 3.8) is 0 Å². The first-order chi connectivity index (χ1) is 43.3. The molecule has 2 bridgehead atoms. The number of aliphatic imine (C=N–C) groups is 2. The van der Waals surface area contributed by atoms with Gasteiger partial charge in [-0.2, -0.15) is 23.5 Å². The van der Waals surface area contributed by atoms with Gasteiger partial charge in [-0.1, -0.05) is 18.2 Å². The normalized spacial score (nSPS) is 26.1. The van der Waals surface area contributed by atoms with Crippen molar-refractivity contribution in [2.24, 2.45) is 44.4 Å². The minimum Gasteiger partial charge on any atom is -0.481 e. The summed E-state index contributed by atoms with van der Waals surface area (Å²) in [4.78, 5) is 194. The number of nitrogens with one attached hydrogen (secondary N) is 11. The number of thioether (sulfide) groups is 2. The summed E-state index contributed by atoms with van der Waals surface area (Å²) >= 11 is 1.92. The Hall–Kier alpha value is -8.97. The summed E-state index contributed by atoms with van der Waals surface area (Å²) in [5, 5.41) is 46.4.